The molecule has 0 amide bonds. The fourth-order valence-electron chi connectivity index (χ4n) is 3.35. The van der Waals surface area contributed by atoms with Crippen molar-refractivity contribution >= 4 is 0 Å². The number of nitrogens with zero attached hydrogens (tertiary/aromatic N) is 1. The van der Waals surface area contributed by atoms with Crippen LogP contribution in [0, 0.1) is 5.41 Å². The van der Waals surface area contributed by atoms with Crippen molar-refractivity contribution in [1.82, 2.24) is 10.2 Å². The third kappa shape index (κ3) is 3.50. The average molecular weight is 268 g/mol. The Labute approximate surface area is 118 Å². The number of aliphatic hydroxyl groups is 1. The van der Waals surface area contributed by atoms with Crippen LogP contribution in [0.5, 0.6) is 0 Å². The van der Waals surface area contributed by atoms with E-state index >= 15 is 0 Å². The van der Waals surface area contributed by atoms with E-state index in [1.54, 1.807) is 0 Å². The first-order chi connectivity index (χ1) is 8.77. The molecule has 0 aliphatic heterocycles. The summed E-state index contributed by atoms with van der Waals surface area (Å²) in [7, 11) is 2.26. The summed E-state index contributed by atoms with van der Waals surface area (Å²) in [6, 6.07) is 1.84. The normalized spacial score (nSPS) is 33.9. The summed E-state index contributed by atoms with van der Waals surface area (Å²) < 4.78 is 0. The summed E-state index contributed by atoms with van der Waals surface area (Å²) >= 11 is 0. The van der Waals surface area contributed by atoms with E-state index in [1.807, 2.05) is 0 Å². The third-order valence-electron chi connectivity index (χ3n) is 5.41. The second-order valence-corrected chi connectivity index (χ2v) is 7.96. The van der Waals surface area contributed by atoms with Gasteiger partial charge in [-0.2, -0.15) is 0 Å². The monoisotopic (exact) mass is 268 g/mol. The van der Waals surface area contributed by atoms with E-state index in [0.717, 1.165) is 12.8 Å². The van der Waals surface area contributed by atoms with Crippen LogP contribution in [0.1, 0.15) is 59.8 Å². The molecule has 0 aromatic rings. The number of aliphatic hydroxyl groups excluding tert-OH is 1. The number of rotatable bonds is 5. The highest BCUT2D eigenvalue weighted by atomic mass is 16.3. The zero-order valence-corrected chi connectivity index (χ0v) is 13.4. The highest BCUT2D eigenvalue weighted by molar-refractivity contribution is 5.03. The largest absolute Gasteiger partial charge is 0.394 e. The van der Waals surface area contributed by atoms with Crippen LogP contribution in [-0.4, -0.2) is 47.3 Å². The van der Waals surface area contributed by atoms with Crippen LogP contribution >= 0.6 is 0 Å². The van der Waals surface area contributed by atoms with Crippen LogP contribution in [0.4, 0.5) is 0 Å². The second kappa shape index (κ2) is 5.34. The Bertz CT molecular complexity index is 308. The average Bonchev–Trinajstić information content (AvgIpc) is 3.04. The molecule has 0 aromatic heterocycles. The molecule has 3 atom stereocenters. The Morgan fingerprint density at radius 3 is 2.42 bits per heavy atom. The van der Waals surface area contributed by atoms with Gasteiger partial charge in [0.25, 0.3) is 0 Å². The maximum atomic E-state index is 9.81. The maximum Gasteiger partial charge on any atom is 0.0614 e. The Hall–Kier alpha value is -0.120. The van der Waals surface area contributed by atoms with Gasteiger partial charge in [0.2, 0.25) is 0 Å². The Morgan fingerprint density at radius 1 is 1.32 bits per heavy atom. The van der Waals surface area contributed by atoms with Gasteiger partial charge in [0.05, 0.1) is 6.61 Å². The molecule has 3 unspecified atom stereocenters. The molecule has 2 fully saturated rings. The van der Waals surface area contributed by atoms with Gasteiger partial charge in [0.1, 0.15) is 0 Å². The lowest BCUT2D eigenvalue weighted by Crippen LogP contribution is -2.50. The quantitative estimate of drug-likeness (QED) is 0.803. The lowest BCUT2D eigenvalue weighted by atomic mass is 9.86. The molecule has 0 bridgehead atoms. The van der Waals surface area contributed by atoms with E-state index in [-0.39, 0.29) is 12.1 Å². The minimum Gasteiger partial charge on any atom is -0.394 e. The SMILES string of the molecule is CC(N(C)C1CCC(CO)(NC2CC2)C1)C(C)(C)C. The predicted octanol–water partition coefficient (Wildman–Crippen LogP) is 2.39. The first-order valence-corrected chi connectivity index (χ1v) is 7.88. The van der Waals surface area contributed by atoms with Crippen molar-refractivity contribution < 1.29 is 5.11 Å². The Balaban J connectivity index is 1.96. The van der Waals surface area contributed by atoms with E-state index in [0.29, 0.717) is 23.5 Å². The van der Waals surface area contributed by atoms with E-state index in [4.69, 9.17) is 0 Å². The summed E-state index contributed by atoms with van der Waals surface area (Å²) in [6.45, 7) is 9.55. The van der Waals surface area contributed by atoms with Gasteiger partial charge in [-0.05, 0) is 51.5 Å². The van der Waals surface area contributed by atoms with Crippen molar-refractivity contribution in [2.24, 2.45) is 5.41 Å². The van der Waals surface area contributed by atoms with Gasteiger partial charge in [-0.1, -0.05) is 20.8 Å². The number of hydrogen-bond donors (Lipinski definition) is 2. The fourth-order valence-corrected chi connectivity index (χ4v) is 3.35. The first kappa shape index (κ1) is 15.3. The van der Waals surface area contributed by atoms with Gasteiger partial charge >= 0.3 is 0 Å². The molecule has 0 aromatic carbocycles. The van der Waals surface area contributed by atoms with Crippen LogP contribution in [0.25, 0.3) is 0 Å². The predicted molar refractivity (Wildman–Crippen MR) is 80.3 cm³/mol. The standard InChI is InChI=1S/C16H32N2O/c1-12(15(2,3)4)18(5)14-8-9-16(10-14,11-19)17-13-6-7-13/h12-14,17,19H,6-11H2,1-5H3. The number of nitrogens with one attached hydrogen (secondary N) is 1. The minimum absolute atomic E-state index is 0.00228. The van der Waals surface area contributed by atoms with Crippen molar-refractivity contribution in [2.45, 2.75) is 83.5 Å². The van der Waals surface area contributed by atoms with Crippen LogP contribution in [0.2, 0.25) is 0 Å². The van der Waals surface area contributed by atoms with Crippen molar-refractivity contribution in [2.75, 3.05) is 13.7 Å². The molecule has 2 saturated carbocycles. The molecule has 19 heavy (non-hydrogen) atoms. The second-order valence-electron chi connectivity index (χ2n) is 7.96. The Kier molecular flexibility index (Phi) is 4.29. The Morgan fingerprint density at radius 2 is 1.95 bits per heavy atom. The molecule has 2 rings (SSSR count). The summed E-state index contributed by atoms with van der Waals surface area (Å²) in [4.78, 5) is 2.53. The van der Waals surface area contributed by atoms with Crippen LogP contribution in [-0.2, 0) is 0 Å². The lowest BCUT2D eigenvalue weighted by Gasteiger charge is -2.40. The van der Waals surface area contributed by atoms with Crippen LogP contribution in [0.15, 0.2) is 0 Å². The van der Waals surface area contributed by atoms with Crippen LogP contribution in [0.3, 0.4) is 0 Å². The van der Waals surface area contributed by atoms with E-state index in [9.17, 15) is 5.11 Å². The third-order valence-corrected chi connectivity index (χ3v) is 5.41. The zero-order chi connectivity index (χ0) is 14.3. The molecule has 0 spiro atoms. The van der Waals surface area contributed by atoms with Gasteiger partial charge in [0.15, 0.2) is 0 Å². The summed E-state index contributed by atoms with van der Waals surface area (Å²) in [6.07, 6.45) is 6.00. The smallest absolute Gasteiger partial charge is 0.0614 e. The molecule has 0 saturated heterocycles. The van der Waals surface area contributed by atoms with Gasteiger partial charge in [-0.15, -0.1) is 0 Å². The van der Waals surface area contributed by atoms with Crippen molar-refractivity contribution in [1.29, 1.82) is 0 Å². The number of hydrogen-bond acceptors (Lipinski definition) is 3. The highest BCUT2D eigenvalue weighted by Crippen LogP contribution is 2.37. The molecule has 2 N–H and O–H groups in total. The molecule has 3 nitrogen and oxygen atoms in total. The van der Waals surface area contributed by atoms with Gasteiger partial charge in [-0.3, -0.25) is 0 Å². The first-order valence-electron chi connectivity index (χ1n) is 7.88. The summed E-state index contributed by atoms with van der Waals surface area (Å²) in [5.74, 6) is 0. The summed E-state index contributed by atoms with van der Waals surface area (Å²) in [5.41, 5.74) is 0.306. The van der Waals surface area contributed by atoms with Crippen LogP contribution < -0.4 is 5.32 Å². The maximum absolute atomic E-state index is 9.81. The topological polar surface area (TPSA) is 35.5 Å². The highest BCUT2D eigenvalue weighted by Gasteiger charge is 2.44. The fraction of sp³-hybridized carbons (Fsp3) is 1.00. The van der Waals surface area contributed by atoms with Crippen molar-refractivity contribution in [3.63, 3.8) is 0 Å². The molecular weight excluding hydrogens is 236 g/mol. The molecule has 2 aliphatic carbocycles. The van der Waals surface area contributed by atoms with E-state index in [2.05, 4.69) is 45.0 Å². The zero-order valence-electron chi connectivity index (χ0n) is 13.4. The molecule has 2 aliphatic rings. The molecule has 3 heteroatoms. The molecule has 0 heterocycles. The van der Waals surface area contributed by atoms with Gasteiger partial charge in [-0.25, -0.2) is 0 Å². The van der Waals surface area contributed by atoms with E-state index < -0.39 is 0 Å². The summed E-state index contributed by atoms with van der Waals surface area (Å²) in [5, 5.41) is 13.5. The van der Waals surface area contributed by atoms with Gasteiger partial charge < -0.3 is 15.3 Å². The molecule has 112 valence electrons. The van der Waals surface area contributed by atoms with E-state index in [1.165, 1.54) is 19.3 Å². The van der Waals surface area contributed by atoms with Gasteiger partial charge in [0, 0.05) is 23.7 Å². The van der Waals surface area contributed by atoms with Crippen molar-refractivity contribution in [3.8, 4) is 0 Å². The lowest BCUT2D eigenvalue weighted by molar-refractivity contribution is 0.0879. The van der Waals surface area contributed by atoms with Crippen molar-refractivity contribution in [3.05, 3.63) is 0 Å². The minimum atomic E-state index is -0.00228. The molecule has 0 radical (unpaired) electrons. The molecular formula is C16H32N2O.